The van der Waals surface area contributed by atoms with Gasteiger partial charge >= 0.3 is 0 Å². The summed E-state index contributed by atoms with van der Waals surface area (Å²) in [4.78, 5) is 31.4. The van der Waals surface area contributed by atoms with Crippen LogP contribution in [0.5, 0.6) is 0 Å². The number of hydrogen-bond donors (Lipinski definition) is 1. The highest BCUT2D eigenvalue weighted by Crippen LogP contribution is 2.23. The maximum atomic E-state index is 13.7. The van der Waals surface area contributed by atoms with E-state index in [9.17, 15) is 9.59 Å². The summed E-state index contributed by atoms with van der Waals surface area (Å²) in [6.07, 6.45) is 2.39. The molecule has 3 heterocycles. The normalized spacial score (nSPS) is 18.2. The molecule has 1 N–H and O–H groups in total. The summed E-state index contributed by atoms with van der Waals surface area (Å²) in [6.45, 7) is 6.37. The van der Waals surface area contributed by atoms with Crippen molar-refractivity contribution < 1.29 is 14.3 Å². The number of hydrogen-bond acceptors (Lipinski definition) is 7. The molecule has 208 valence electrons. The molecule has 2 aliphatic heterocycles. The third-order valence-corrected chi connectivity index (χ3v) is 7.60. The number of nitrogens with one attached hydrogen (secondary N) is 1. The van der Waals surface area contributed by atoms with Crippen molar-refractivity contribution >= 4 is 28.4 Å². The van der Waals surface area contributed by atoms with Crippen molar-refractivity contribution in [1.29, 1.82) is 0 Å². The van der Waals surface area contributed by atoms with Crippen molar-refractivity contribution in [3.8, 4) is 0 Å². The van der Waals surface area contributed by atoms with Crippen LogP contribution in [0.3, 0.4) is 0 Å². The predicted molar refractivity (Wildman–Crippen MR) is 151 cm³/mol. The molecular weight excluding hydrogens is 518 g/mol. The Hall–Kier alpha value is -2.82. The zero-order valence-electron chi connectivity index (χ0n) is 22.6. The molecular formula is C29H36ClN5O4. The van der Waals surface area contributed by atoms with E-state index in [1.807, 2.05) is 18.2 Å². The topological polar surface area (TPSA) is 88.9 Å². The average Bonchev–Trinajstić information content (AvgIpc) is 3.43. The Balaban J connectivity index is 1.46. The van der Waals surface area contributed by atoms with Crippen LogP contribution in [0.1, 0.15) is 40.0 Å². The number of amides is 1. The Kier molecular flexibility index (Phi) is 8.94. The van der Waals surface area contributed by atoms with Crippen LogP contribution in [0, 0.1) is 0 Å². The van der Waals surface area contributed by atoms with Crippen molar-refractivity contribution in [3.05, 3.63) is 74.0 Å². The van der Waals surface area contributed by atoms with Gasteiger partial charge in [0.2, 0.25) is 5.43 Å². The first-order chi connectivity index (χ1) is 18.9. The van der Waals surface area contributed by atoms with Gasteiger partial charge in [0.1, 0.15) is 0 Å². The second-order valence-electron chi connectivity index (χ2n) is 10.5. The van der Waals surface area contributed by atoms with Crippen LogP contribution in [-0.2, 0) is 36.2 Å². The second-order valence-corrected chi connectivity index (χ2v) is 10.9. The van der Waals surface area contributed by atoms with E-state index in [0.717, 1.165) is 61.3 Å². The molecule has 0 aliphatic carbocycles. The van der Waals surface area contributed by atoms with E-state index in [1.165, 1.54) is 0 Å². The van der Waals surface area contributed by atoms with Crippen molar-refractivity contribution in [1.82, 2.24) is 24.9 Å². The maximum absolute atomic E-state index is 13.7. The van der Waals surface area contributed by atoms with Crippen molar-refractivity contribution in [3.63, 3.8) is 0 Å². The fourth-order valence-electron chi connectivity index (χ4n) is 5.43. The van der Waals surface area contributed by atoms with Crippen LogP contribution in [-0.4, -0.2) is 78.1 Å². The lowest BCUT2D eigenvalue weighted by atomic mass is 10.0. The number of carbonyl (C=O) groups excluding carboxylic acids is 1. The first kappa shape index (κ1) is 27.7. The molecule has 3 aromatic rings. The lowest BCUT2D eigenvalue weighted by Gasteiger charge is -2.27. The van der Waals surface area contributed by atoms with E-state index >= 15 is 0 Å². The maximum Gasteiger partial charge on any atom is 0.276 e. The van der Waals surface area contributed by atoms with Crippen LogP contribution in [0.2, 0.25) is 5.02 Å². The lowest BCUT2D eigenvalue weighted by molar-refractivity contribution is 0.0342. The van der Waals surface area contributed by atoms with Gasteiger partial charge < -0.3 is 14.8 Å². The standard InChI is InChI=1S/C29H36ClN5O4/c1-33(19-24-4-3-11-39-24)18-22-14-21(17-35-9-12-38-13-10-35)15-25-27(22)34(2)32-26(28(25)36)29(37)31-16-20-5-7-23(30)8-6-20/h5-8,14-15,24H,3-4,9-13,16-19H2,1-2H3,(H,31,37). The third kappa shape index (κ3) is 6.85. The minimum atomic E-state index is -0.497. The fourth-order valence-corrected chi connectivity index (χ4v) is 5.55. The monoisotopic (exact) mass is 553 g/mol. The predicted octanol–water partition coefficient (Wildman–Crippen LogP) is 2.96. The molecule has 0 radical (unpaired) electrons. The number of aryl methyl sites for hydroxylation is 1. The summed E-state index contributed by atoms with van der Waals surface area (Å²) in [5, 5.41) is 8.41. The summed E-state index contributed by atoms with van der Waals surface area (Å²) >= 11 is 5.96. The number of aromatic nitrogens is 2. The number of ether oxygens (including phenoxy) is 2. The molecule has 2 fully saturated rings. The van der Waals surface area contributed by atoms with Gasteiger partial charge in [-0.3, -0.25) is 24.1 Å². The van der Waals surface area contributed by atoms with Crippen molar-refractivity contribution in [2.24, 2.45) is 7.05 Å². The Morgan fingerprint density at radius 2 is 1.92 bits per heavy atom. The summed E-state index contributed by atoms with van der Waals surface area (Å²) in [5.41, 5.74) is 3.22. The Morgan fingerprint density at radius 1 is 1.15 bits per heavy atom. The van der Waals surface area contributed by atoms with Gasteiger partial charge in [0.05, 0.1) is 30.2 Å². The fraction of sp³-hybridized carbons (Fsp3) is 0.483. The number of benzene rings is 2. The molecule has 9 nitrogen and oxygen atoms in total. The van der Waals surface area contributed by atoms with Gasteiger partial charge in [0, 0.05) is 57.9 Å². The molecule has 1 unspecified atom stereocenters. The summed E-state index contributed by atoms with van der Waals surface area (Å²) < 4.78 is 13.0. The molecule has 10 heteroatoms. The number of likely N-dealkylation sites (N-methyl/N-ethyl adjacent to an activating group) is 1. The molecule has 1 atom stereocenters. The first-order valence-corrected chi connectivity index (χ1v) is 13.9. The van der Waals surface area contributed by atoms with E-state index in [1.54, 1.807) is 23.9 Å². The van der Waals surface area contributed by atoms with E-state index in [4.69, 9.17) is 21.1 Å². The van der Waals surface area contributed by atoms with Gasteiger partial charge in [0.15, 0.2) is 5.69 Å². The molecule has 0 saturated carbocycles. The molecule has 1 amide bonds. The van der Waals surface area contributed by atoms with E-state index in [2.05, 4.69) is 33.3 Å². The van der Waals surface area contributed by atoms with Crippen LogP contribution in [0.4, 0.5) is 0 Å². The van der Waals surface area contributed by atoms with Gasteiger partial charge in [0.25, 0.3) is 5.91 Å². The van der Waals surface area contributed by atoms with Crippen LogP contribution in [0.15, 0.2) is 41.2 Å². The minimum absolute atomic E-state index is 0.110. The highest BCUT2D eigenvalue weighted by atomic mass is 35.5. The summed E-state index contributed by atoms with van der Waals surface area (Å²) in [5.74, 6) is -0.497. The van der Waals surface area contributed by atoms with Gasteiger partial charge in [-0.15, -0.1) is 0 Å². The molecule has 2 aliphatic rings. The Bertz CT molecular complexity index is 1360. The molecule has 2 aromatic carbocycles. The van der Waals surface area contributed by atoms with Crippen molar-refractivity contribution in [2.75, 3.05) is 46.5 Å². The van der Waals surface area contributed by atoms with Gasteiger partial charge in [-0.25, -0.2) is 0 Å². The number of morpholine rings is 1. The highest BCUT2D eigenvalue weighted by molar-refractivity contribution is 6.30. The Morgan fingerprint density at radius 3 is 2.64 bits per heavy atom. The smallest absolute Gasteiger partial charge is 0.276 e. The van der Waals surface area contributed by atoms with E-state index in [0.29, 0.717) is 36.7 Å². The number of halogens is 1. The second kappa shape index (κ2) is 12.6. The Labute approximate surface area is 233 Å². The number of nitrogens with zero attached hydrogens (tertiary/aromatic N) is 4. The molecule has 1 aromatic heterocycles. The van der Waals surface area contributed by atoms with E-state index < -0.39 is 5.91 Å². The quantitative estimate of drug-likeness (QED) is 0.436. The SMILES string of the molecule is CN(Cc1cc(CN2CCOCC2)cc2c(=O)c(C(=O)NCc3ccc(Cl)cc3)nn(C)c12)CC1CCCO1. The highest BCUT2D eigenvalue weighted by Gasteiger charge is 2.22. The van der Waals surface area contributed by atoms with Crippen LogP contribution < -0.4 is 10.7 Å². The van der Waals surface area contributed by atoms with Gasteiger partial charge in [-0.1, -0.05) is 29.8 Å². The largest absolute Gasteiger partial charge is 0.379 e. The van der Waals surface area contributed by atoms with Gasteiger partial charge in [-0.2, -0.15) is 5.10 Å². The molecule has 39 heavy (non-hydrogen) atoms. The number of carbonyl (C=O) groups is 1. The van der Waals surface area contributed by atoms with Crippen LogP contribution in [0.25, 0.3) is 10.9 Å². The molecule has 5 rings (SSSR count). The average molecular weight is 554 g/mol. The van der Waals surface area contributed by atoms with E-state index in [-0.39, 0.29) is 23.8 Å². The minimum Gasteiger partial charge on any atom is -0.379 e. The van der Waals surface area contributed by atoms with Crippen LogP contribution >= 0.6 is 11.6 Å². The van der Waals surface area contributed by atoms with Gasteiger partial charge in [-0.05, 0) is 54.8 Å². The summed E-state index contributed by atoms with van der Waals surface area (Å²) in [6, 6.07) is 11.3. The summed E-state index contributed by atoms with van der Waals surface area (Å²) in [7, 11) is 3.87. The first-order valence-electron chi connectivity index (χ1n) is 13.5. The lowest BCUT2D eigenvalue weighted by Crippen LogP contribution is -2.36. The molecule has 0 spiro atoms. The number of rotatable bonds is 9. The molecule has 0 bridgehead atoms. The third-order valence-electron chi connectivity index (χ3n) is 7.35. The number of fused-ring (bicyclic) bond motifs is 1. The zero-order chi connectivity index (χ0) is 27.4. The molecule has 2 saturated heterocycles. The zero-order valence-corrected chi connectivity index (χ0v) is 23.4. The van der Waals surface area contributed by atoms with Crippen molar-refractivity contribution in [2.45, 2.75) is 38.6 Å².